The summed E-state index contributed by atoms with van der Waals surface area (Å²) in [6.45, 7) is 2.60. The molecule has 6 heteroatoms. The van der Waals surface area contributed by atoms with E-state index in [-0.39, 0.29) is 16.7 Å². The first-order valence-corrected chi connectivity index (χ1v) is 6.93. The van der Waals surface area contributed by atoms with Crippen LogP contribution in [0.1, 0.15) is 24.1 Å². The Labute approximate surface area is 125 Å². The average Bonchev–Trinajstić information content (AvgIpc) is 2.45. The van der Waals surface area contributed by atoms with E-state index < -0.39 is 0 Å². The van der Waals surface area contributed by atoms with Gasteiger partial charge < -0.3 is 5.32 Å². The van der Waals surface area contributed by atoms with Gasteiger partial charge in [0.1, 0.15) is 0 Å². The molecule has 1 atom stereocenters. The second-order valence-electron chi connectivity index (χ2n) is 4.46. The van der Waals surface area contributed by atoms with E-state index in [1.54, 1.807) is 18.5 Å². The summed E-state index contributed by atoms with van der Waals surface area (Å²) < 4.78 is 0.708. The molecule has 1 N–H and O–H groups in total. The van der Waals surface area contributed by atoms with Gasteiger partial charge in [0.05, 0.1) is 4.92 Å². The molecule has 0 aliphatic rings. The summed E-state index contributed by atoms with van der Waals surface area (Å²) in [5, 5.41) is 14.2. The van der Waals surface area contributed by atoms with Crippen LogP contribution in [0, 0.1) is 10.1 Å². The van der Waals surface area contributed by atoms with Gasteiger partial charge in [0, 0.05) is 41.6 Å². The number of hydrogen-bond donors (Lipinski definition) is 1. The Kier molecular flexibility index (Phi) is 4.81. The molecular weight excluding hydrogens is 322 g/mol. The van der Waals surface area contributed by atoms with Gasteiger partial charge in [-0.1, -0.05) is 15.9 Å². The second-order valence-corrected chi connectivity index (χ2v) is 5.37. The number of rotatable bonds is 5. The molecule has 1 aromatic carbocycles. The van der Waals surface area contributed by atoms with E-state index in [1.807, 2.05) is 25.1 Å². The molecule has 104 valence electrons. The van der Waals surface area contributed by atoms with Crippen LogP contribution in [0.2, 0.25) is 0 Å². The number of non-ortho nitro benzene ring substituents is 1. The highest BCUT2D eigenvalue weighted by Gasteiger charge is 2.10. The monoisotopic (exact) mass is 335 g/mol. The van der Waals surface area contributed by atoms with Gasteiger partial charge in [-0.2, -0.15) is 0 Å². The van der Waals surface area contributed by atoms with Crippen LogP contribution < -0.4 is 5.32 Å². The largest absolute Gasteiger partial charge is 0.306 e. The molecule has 1 heterocycles. The van der Waals surface area contributed by atoms with Crippen molar-refractivity contribution >= 4 is 21.6 Å². The summed E-state index contributed by atoms with van der Waals surface area (Å²) in [5.74, 6) is 0. The lowest BCUT2D eigenvalue weighted by molar-refractivity contribution is -0.385. The van der Waals surface area contributed by atoms with E-state index in [0.29, 0.717) is 11.0 Å². The van der Waals surface area contributed by atoms with E-state index in [4.69, 9.17) is 0 Å². The molecule has 2 aromatic rings. The molecule has 0 aliphatic carbocycles. The Morgan fingerprint density at radius 1 is 1.35 bits per heavy atom. The van der Waals surface area contributed by atoms with Crippen molar-refractivity contribution in [2.24, 2.45) is 0 Å². The fourth-order valence-electron chi connectivity index (χ4n) is 1.88. The van der Waals surface area contributed by atoms with Crippen LogP contribution in [0.15, 0.2) is 47.2 Å². The molecule has 0 fully saturated rings. The lowest BCUT2D eigenvalue weighted by atomic mass is 10.1. The van der Waals surface area contributed by atoms with Gasteiger partial charge in [-0.25, -0.2) is 0 Å². The lowest BCUT2D eigenvalue weighted by Gasteiger charge is -2.14. The summed E-state index contributed by atoms with van der Waals surface area (Å²) in [5.41, 5.74) is 2.09. The number of hydrogen-bond acceptors (Lipinski definition) is 4. The number of pyridine rings is 1. The van der Waals surface area contributed by atoms with Gasteiger partial charge in [0.2, 0.25) is 0 Å². The number of nitro benzene ring substituents is 1. The first-order valence-electron chi connectivity index (χ1n) is 6.13. The van der Waals surface area contributed by atoms with Crippen LogP contribution in [0.25, 0.3) is 0 Å². The van der Waals surface area contributed by atoms with Gasteiger partial charge in [0.25, 0.3) is 5.69 Å². The summed E-state index contributed by atoms with van der Waals surface area (Å²) in [4.78, 5) is 14.4. The molecular formula is C14H14BrN3O2. The first-order chi connectivity index (χ1) is 9.56. The van der Waals surface area contributed by atoms with Crippen LogP contribution >= 0.6 is 15.9 Å². The molecule has 0 aliphatic heterocycles. The minimum absolute atomic E-state index is 0.0905. The van der Waals surface area contributed by atoms with Crippen LogP contribution in [0.4, 0.5) is 5.69 Å². The van der Waals surface area contributed by atoms with E-state index >= 15 is 0 Å². The fourth-order valence-corrected chi connectivity index (χ4v) is 2.41. The molecule has 2 rings (SSSR count). The molecule has 0 radical (unpaired) electrons. The number of halogens is 1. The normalized spacial score (nSPS) is 12.1. The number of benzene rings is 1. The van der Waals surface area contributed by atoms with Crippen LogP contribution in [-0.4, -0.2) is 9.91 Å². The maximum absolute atomic E-state index is 10.8. The molecule has 0 saturated heterocycles. The van der Waals surface area contributed by atoms with Crippen molar-refractivity contribution in [3.63, 3.8) is 0 Å². The van der Waals surface area contributed by atoms with E-state index in [9.17, 15) is 10.1 Å². The Morgan fingerprint density at radius 3 is 2.70 bits per heavy atom. The number of nitrogens with one attached hydrogen (secondary N) is 1. The van der Waals surface area contributed by atoms with Gasteiger partial charge in [0.15, 0.2) is 0 Å². The van der Waals surface area contributed by atoms with Crippen molar-refractivity contribution in [1.82, 2.24) is 10.3 Å². The molecule has 0 bridgehead atoms. The third-order valence-corrected chi connectivity index (χ3v) is 3.43. The summed E-state index contributed by atoms with van der Waals surface area (Å²) in [6.07, 6.45) is 3.49. The first kappa shape index (κ1) is 14.6. The lowest BCUT2D eigenvalue weighted by Crippen LogP contribution is -2.18. The van der Waals surface area contributed by atoms with Crippen LogP contribution in [-0.2, 0) is 6.54 Å². The Balaban J connectivity index is 2.06. The number of nitrogens with zero attached hydrogens (tertiary/aromatic N) is 2. The average molecular weight is 336 g/mol. The minimum Gasteiger partial charge on any atom is -0.306 e. The highest BCUT2D eigenvalue weighted by atomic mass is 79.9. The predicted molar refractivity (Wildman–Crippen MR) is 80.3 cm³/mol. The fraction of sp³-hybridized carbons (Fsp3) is 0.214. The summed E-state index contributed by atoms with van der Waals surface area (Å²) in [6, 6.07) is 8.99. The maximum atomic E-state index is 10.8. The van der Waals surface area contributed by atoms with E-state index in [2.05, 4.69) is 26.2 Å². The third kappa shape index (κ3) is 3.85. The maximum Gasteiger partial charge on any atom is 0.270 e. The number of nitro groups is 1. The second kappa shape index (κ2) is 6.58. The van der Waals surface area contributed by atoms with Crippen molar-refractivity contribution in [2.75, 3.05) is 0 Å². The van der Waals surface area contributed by atoms with Gasteiger partial charge in [-0.05, 0) is 36.2 Å². The van der Waals surface area contributed by atoms with Crippen LogP contribution in [0.5, 0.6) is 0 Å². The predicted octanol–water partition coefficient (Wildman–Crippen LogP) is 3.60. The Morgan fingerprint density at radius 2 is 2.05 bits per heavy atom. The Hall–Kier alpha value is -1.79. The van der Waals surface area contributed by atoms with E-state index in [0.717, 1.165) is 11.1 Å². The van der Waals surface area contributed by atoms with Gasteiger partial charge in [-0.3, -0.25) is 15.1 Å². The van der Waals surface area contributed by atoms with Gasteiger partial charge >= 0.3 is 0 Å². The van der Waals surface area contributed by atoms with Crippen LogP contribution in [0.3, 0.4) is 0 Å². The topological polar surface area (TPSA) is 68.1 Å². The molecule has 0 amide bonds. The molecule has 20 heavy (non-hydrogen) atoms. The molecule has 1 unspecified atom stereocenters. The highest BCUT2D eigenvalue weighted by molar-refractivity contribution is 9.10. The zero-order valence-corrected chi connectivity index (χ0v) is 12.5. The molecule has 5 nitrogen and oxygen atoms in total. The summed E-state index contributed by atoms with van der Waals surface area (Å²) in [7, 11) is 0. The number of aromatic nitrogens is 1. The van der Waals surface area contributed by atoms with Crippen molar-refractivity contribution in [2.45, 2.75) is 19.5 Å². The molecule has 0 saturated carbocycles. The van der Waals surface area contributed by atoms with Crippen molar-refractivity contribution in [3.05, 3.63) is 68.4 Å². The van der Waals surface area contributed by atoms with Crippen molar-refractivity contribution < 1.29 is 4.92 Å². The third-order valence-electron chi connectivity index (χ3n) is 2.97. The zero-order chi connectivity index (χ0) is 14.5. The quantitative estimate of drug-likeness (QED) is 0.669. The smallest absolute Gasteiger partial charge is 0.270 e. The Bertz CT molecular complexity index is 605. The molecule has 0 spiro atoms. The zero-order valence-electron chi connectivity index (χ0n) is 10.9. The minimum atomic E-state index is -0.388. The highest BCUT2D eigenvalue weighted by Crippen LogP contribution is 2.22. The van der Waals surface area contributed by atoms with Crippen molar-refractivity contribution in [3.8, 4) is 0 Å². The summed E-state index contributed by atoms with van der Waals surface area (Å²) >= 11 is 3.29. The standard InChI is InChI=1S/C14H14BrN3O2/c1-10(12-2-4-16-5-3-12)17-9-11-6-13(15)8-14(7-11)18(19)20/h2-8,10,17H,9H2,1H3. The van der Waals surface area contributed by atoms with E-state index in [1.165, 1.54) is 6.07 Å². The SMILES string of the molecule is CC(NCc1cc(Br)cc([N+](=O)[O-])c1)c1ccncc1. The molecule has 1 aromatic heterocycles. The van der Waals surface area contributed by atoms with Crippen molar-refractivity contribution in [1.29, 1.82) is 0 Å². The van der Waals surface area contributed by atoms with Gasteiger partial charge in [-0.15, -0.1) is 0 Å².